The topological polar surface area (TPSA) is 42.0 Å². The minimum atomic E-state index is -4.53. The second-order valence-corrected chi connectivity index (χ2v) is 4.28. The fourth-order valence-electron chi connectivity index (χ4n) is 1.45. The van der Waals surface area contributed by atoms with Crippen LogP contribution in [0, 0.1) is 0 Å². The number of benzene rings is 1. The Kier molecular flexibility index (Phi) is 3.94. The fourth-order valence-corrected chi connectivity index (χ4v) is 1.67. The second-order valence-electron chi connectivity index (χ2n) is 3.87. The molecule has 0 aliphatic heterocycles. The van der Waals surface area contributed by atoms with Gasteiger partial charge in [-0.25, -0.2) is 4.98 Å². The monoisotopic (exact) mass is 300 g/mol. The van der Waals surface area contributed by atoms with Crippen molar-refractivity contribution in [1.29, 1.82) is 0 Å². The molecule has 0 unspecified atom stereocenters. The summed E-state index contributed by atoms with van der Waals surface area (Å²) in [6.45, 7) is 0. The van der Waals surface area contributed by atoms with E-state index in [1.54, 1.807) is 30.3 Å². The van der Waals surface area contributed by atoms with E-state index < -0.39 is 17.6 Å². The number of carbonyl (C=O) groups is 1. The normalized spacial score (nSPS) is 11.2. The van der Waals surface area contributed by atoms with Crippen LogP contribution in [0.5, 0.6) is 0 Å². The van der Waals surface area contributed by atoms with E-state index in [0.717, 1.165) is 6.07 Å². The number of nitrogens with one attached hydrogen (secondary N) is 1. The van der Waals surface area contributed by atoms with E-state index in [9.17, 15) is 18.0 Å². The lowest BCUT2D eigenvalue weighted by molar-refractivity contribution is -0.137. The van der Waals surface area contributed by atoms with Gasteiger partial charge >= 0.3 is 6.18 Å². The summed E-state index contributed by atoms with van der Waals surface area (Å²) in [5.74, 6) is -0.617. The predicted molar refractivity (Wildman–Crippen MR) is 68.6 cm³/mol. The van der Waals surface area contributed by atoms with Crippen molar-refractivity contribution in [1.82, 2.24) is 4.98 Å². The Bertz CT molecular complexity index is 629. The molecule has 0 aliphatic rings. The Labute approximate surface area is 117 Å². The molecule has 0 bridgehead atoms. The maximum atomic E-state index is 12.4. The Morgan fingerprint density at radius 1 is 1.20 bits per heavy atom. The fraction of sp³-hybridized carbons (Fsp3) is 0.0769. The van der Waals surface area contributed by atoms with Gasteiger partial charge in [-0.2, -0.15) is 13.2 Å². The number of alkyl halides is 3. The average molecular weight is 301 g/mol. The van der Waals surface area contributed by atoms with Gasteiger partial charge in [-0.15, -0.1) is 0 Å². The van der Waals surface area contributed by atoms with Crippen molar-refractivity contribution in [2.24, 2.45) is 0 Å². The van der Waals surface area contributed by atoms with E-state index >= 15 is 0 Å². The molecule has 0 atom stereocenters. The molecule has 3 nitrogen and oxygen atoms in total. The first kappa shape index (κ1) is 14.3. The second kappa shape index (κ2) is 5.50. The Morgan fingerprint density at radius 2 is 1.85 bits per heavy atom. The van der Waals surface area contributed by atoms with Gasteiger partial charge in [-0.05, 0) is 18.2 Å². The molecule has 1 aromatic heterocycles. The van der Waals surface area contributed by atoms with Crippen molar-refractivity contribution < 1.29 is 18.0 Å². The van der Waals surface area contributed by atoms with Crippen molar-refractivity contribution >= 4 is 23.3 Å². The predicted octanol–water partition coefficient (Wildman–Crippen LogP) is 4.01. The number of carbonyl (C=O) groups excluding carboxylic acids is 1. The minimum absolute atomic E-state index is 0.117. The van der Waals surface area contributed by atoms with Crippen LogP contribution in [0.3, 0.4) is 0 Å². The molecule has 104 valence electrons. The van der Waals surface area contributed by atoms with Crippen molar-refractivity contribution in [2.45, 2.75) is 6.18 Å². The lowest BCUT2D eigenvalue weighted by Crippen LogP contribution is -2.14. The Balaban J connectivity index is 2.21. The largest absolute Gasteiger partial charge is 0.417 e. The third-order valence-electron chi connectivity index (χ3n) is 2.44. The number of hydrogen-bond acceptors (Lipinski definition) is 2. The molecular formula is C13H8ClF3N2O. The molecule has 0 saturated carbocycles. The van der Waals surface area contributed by atoms with Crippen LogP contribution in [-0.4, -0.2) is 10.9 Å². The number of pyridine rings is 1. The highest BCUT2D eigenvalue weighted by atomic mass is 35.5. The summed E-state index contributed by atoms with van der Waals surface area (Å²) >= 11 is 5.69. The number of amides is 1. The molecule has 7 heteroatoms. The van der Waals surface area contributed by atoms with E-state index in [0.29, 0.717) is 11.8 Å². The molecule has 0 radical (unpaired) electrons. The van der Waals surface area contributed by atoms with Crippen LogP contribution < -0.4 is 5.32 Å². The summed E-state index contributed by atoms with van der Waals surface area (Å²) in [5, 5.41) is 2.08. The molecule has 1 amide bonds. The summed E-state index contributed by atoms with van der Waals surface area (Å²) in [7, 11) is 0. The lowest BCUT2D eigenvalue weighted by atomic mass is 10.2. The maximum Gasteiger partial charge on any atom is 0.417 e. The van der Waals surface area contributed by atoms with Crippen molar-refractivity contribution in [3.8, 4) is 0 Å². The van der Waals surface area contributed by atoms with Gasteiger partial charge in [0, 0.05) is 11.8 Å². The maximum absolute atomic E-state index is 12.4. The first-order valence-electron chi connectivity index (χ1n) is 5.47. The van der Waals surface area contributed by atoms with Gasteiger partial charge in [0.1, 0.15) is 0 Å². The van der Waals surface area contributed by atoms with Crippen LogP contribution in [0.4, 0.5) is 19.0 Å². The molecule has 0 saturated heterocycles. The number of rotatable bonds is 2. The molecule has 1 aromatic carbocycles. The van der Waals surface area contributed by atoms with E-state index in [1.807, 2.05) is 0 Å². The van der Waals surface area contributed by atoms with Gasteiger partial charge in [0.05, 0.1) is 10.6 Å². The number of anilines is 1. The first-order chi connectivity index (χ1) is 9.38. The van der Waals surface area contributed by atoms with Gasteiger partial charge < -0.3 is 5.32 Å². The Hall–Kier alpha value is -2.08. The zero-order chi connectivity index (χ0) is 14.8. The van der Waals surface area contributed by atoms with Crippen LogP contribution in [0.2, 0.25) is 5.02 Å². The molecule has 20 heavy (non-hydrogen) atoms. The zero-order valence-corrected chi connectivity index (χ0v) is 10.7. The van der Waals surface area contributed by atoms with E-state index in [4.69, 9.17) is 11.6 Å². The molecule has 1 N–H and O–H groups in total. The molecular weight excluding hydrogens is 293 g/mol. The van der Waals surface area contributed by atoms with Crippen LogP contribution >= 0.6 is 11.6 Å². The highest BCUT2D eigenvalue weighted by molar-refractivity contribution is 6.33. The Morgan fingerprint density at radius 3 is 2.40 bits per heavy atom. The van der Waals surface area contributed by atoms with E-state index in [2.05, 4.69) is 10.3 Å². The van der Waals surface area contributed by atoms with Gasteiger partial charge in [0.15, 0.2) is 5.82 Å². The van der Waals surface area contributed by atoms with Crippen LogP contribution in [0.15, 0.2) is 42.6 Å². The highest BCUT2D eigenvalue weighted by Gasteiger charge is 2.31. The first-order valence-corrected chi connectivity index (χ1v) is 5.85. The third kappa shape index (κ3) is 3.27. The van der Waals surface area contributed by atoms with Gasteiger partial charge in [-0.1, -0.05) is 29.8 Å². The molecule has 0 aliphatic carbocycles. The lowest BCUT2D eigenvalue weighted by Gasteiger charge is -2.10. The smallest absolute Gasteiger partial charge is 0.305 e. The molecule has 0 spiro atoms. The standard InChI is InChI=1S/C13H8ClF3N2O/c14-10-6-9(13(15,16)17)7-18-11(10)19-12(20)8-4-2-1-3-5-8/h1-7H,(H,18,19,20). The van der Waals surface area contributed by atoms with E-state index in [-0.39, 0.29) is 10.8 Å². The van der Waals surface area contributed by atoms with Gasteiger partial charge in [-0.3, -0.25) is 4.79 Å². The van der Waals surface area contributed by atoms with Crippen molar-refractivity contribution in [3.05, 3.63) is 58.7 Å². The zero-order valence-electron chi connectivity index (χ0n) is 9.91. The SMILES string of the molecule is O=C(Nc1ncc(C(F)(F)F)cc1Cl)c1ccccc1. The molecule has 2 rings (SSSR count). The quantitative estimate of drug-likeness (QED) is 0.910. The van der Waals surface area contributed by atoms with Crippen molar-refractivity contribution in [3.63, 3.8) is 0 Å². The number of nitrogens with zero attached hydrogens (tertiary/aromatic N) is 1. The van der Waals surface area contributed by atoms with E-state index in [1.165, 1.54) is 0 Å². The molecule has 0 fully saturated rings. The summed E-state index contributed by atoms with van der Waals surface area (Å²) in [4.78, 5) is 15.3. The molecule has 1 heterocycles. The van der Waals surface area contributed by atoms with Gasteiger partial charge in [0.25, 0.3) is 5.91 Å². The number of hydrogen-bond donors (Lipinski definition) is 1. The van der Waals surface area contributed by atoms with Crippen LogP contribution in [0.1, 0.15) is 15.9 Å². The van der Waals surface area contributed by atoms with Crippen LogP contribution in [0.25, 0.3) is 0 Å². The molecule has 2 aromatic rings. The van der Waals surface area contributed by atoms with Crippen molar-refractivity contribution in [2.75, 3.05) is 5.32 Å². The minimum Gasteiger partial charge on any atom is -0.305 e. The number of halogens is 4. The summed E-state index contributed by atoms with van der Waals surface area (Å²) < 4.78 is 37.3. The third-order valence-corrected chi connectivity index (χ3v) is 2.72. The average Bonchev–Trinajstić information content (AvgIpc) is 2.41. The van der Waals surface area contributed by atoms with Crippen LogP contribution in [-0.2, 0) is 6.18 Å². The number of aromatic nitrogens is 1. The van der Waals surface area contributed by atoms with Gasteiger partial charge in [0.2, 0.25) is 0 Å². The summed E-state index contributed by atoms with van der Waals surface area (Å²) in [6.07, 6.45) is -3.91. The summed E-state index contributed by atoms with van der Waals surface area (Å²) in [5.41, 5.74) is -0.620. The summed E-state index contributed by atoms with van der Waals surface area (Å²) in [6, 6.07) is 8.91. The highest BCUT2D eigenvalue weighted by Crippen LogP contribution is 2.32.